The van der Waals surface area contributed by atoms with Gasteiger partial charge in [0.15, 0.2) is 0 Å². The second kappa shape index (κ2) is 4.17. The van der Waals surface area contributed by atoms with Crippen LogP contribution in [0.4, 0.5) is 0 Å². The van der Waals surface area contributed by atoms with Gasteiger partial charge in [0.2, 0.25) is 0 Å². The third-order valence-electron chi connectivity index (χ3n) is 2.36. The molecule has 0 saturated carbocycles. The quantitative estimate of drug-likeness (QED) is 0.815. The molecular weight excluding hydrogens is 202 g/mol. The van der Waals surface area contributed by atoms with Gasteiger partial charge in [-0.3, -0.25) is 0 Å². The number of nitrogens with two attached hydrogens (primary N) is 1. The van der Waals surface area contributed by atoms with Gasteiger partial charge in [0, 0.05) is 15.8 Å². The lowest BCUT2D eigenvalue weighted by Gasteiger charge is -2.02. The van der Waals surface area contributed by atoms with E-state index >= 15 is 0 Å². The van der Waals surface area contributed by atoms with Crippen LogP contribution < -0.4 is 5.73 Å². The Bertz CT molecular complexity index is 457. The minimum absolute atomic E-state index is 0.112. The Balaban J connectivity index is 2.42. The maximum Gasteiger partial charge on any atom is 0.0361 e. The van der Waals surface area contributed by atoms with Gasteiger partial charge in [-0.15, -0.1) is 11.3 Å². The molecule has 2 rings (SSSR count). The zero-order valence-electron chi connectivity index (χ0n) is 8.73. The molecule has 0 spiro atoms. The van der Waals surface area contributed by atoms with Gasteiger partial charge in [-0.05, 0) is 37.1 Å². The minimum Gasteiger partial charge on any atom is -0.324 e. The summed E-state index contributed by atoms with van der Waals surface area (Å²) < 4.78 is 0. The van der Waals surface area contributed by atoms with Gasteiger partial charge < -0.3 is 5.73 Å². The summed E-state index contributed by atoms with van der Waals surface area (Å²) in [5, 5.41) is 0. The predicted molar refractivity (Wildman–Crippen MR) is 66.8 cm³/mol. The van der Waals surface area contributed by atoms with Crippen molar-refractivity contribution in [2.24, 2.45) is 5.73 Å². The van der Waals surface area contributed by atoms with Gasteiger partial charge >= 0.3 is 0 Å². The SMILES string of the molecule is [CH2]c1ccccc1-c1ccc(C(C)N)s1. The molecule has 1 unspecified atom stereocenters. The topological polar surface area (TPSA) is 26.0 Å². The molecule has 1 aromatic heterocycles. The minimum atomic E-state index is 0.112. The van der Waals surface area contributed by atoms with E-state index in [0.717, 1.165) is 5.56 Å². The van der Waals surface area contributed by atoms with E-state index in [2.05, 4.69) is 25.1 Å². The van der Waals surface area contributed by atoms with E-state index in [1.54, 1.807) is 11.3 Å². The molecule has 0 aliphatic carbocycles. The van der Waals surface area contributed by atoms with E-state index in [4.69, 9.17) is 5.73 Å². The van der Waals surface area contributed by atoms with Crippen molar-refractivity contribution < 1.29 is 0 Å². The van der Waals surface area contributed by atoms with Crippen LogP contribution in [0.1, 0.15) is 23.4 Å². The summed E-state index contributed by atoms with van der Waals surface area (Å²) >= 11 is 1.74. The van der Waals surface area contributed by atoms with Crippen molar-refractivity contribution in [3.63, 3.8) is 0 Å². The molecule has 1 atom stereocenters. The van der Waals surface area contributed by atoms with Gasteiger partial charge in [0.05, 0.1) is 0 Å². The molecule has 0 bridgehead atoms. The Labute approximate surface area is 94.6 Å². The van der Waals surface area contributed by atoms with E-state index in [-0.39, 0.29) is 6.04 Å². The monoisotopic (exact) mass is 216 g/mol. The zero-order valence-corrected chi connectivity index (χ0v) is 9.55. The molecule has 15 heavy (non-hydrogen) atoms. The lowest BCUT2D eigenvalue weighted by Crippen LogP contribution is -2.01. The van der Waals surface area contributed by atoms with Gasteiger partial charge in [-0.1, -0.05) is 24.3 Å². The van der Waals surface area contributed by atoms with Crippen molar-refractivity contribution in [1.29, 1.82) is 0 Å². The average Bonchev–Trinajstić information content (AvgIpc) is 2.67. The second-order valence-corrected chi connectivity index (χ2v) is 4.76. The summed E-state index contributed by atoms with van der Waals surface area (Å²) in [4.78, 5) is 2.46. The second-order valence-electron chi connectivity index (χ2n) is 3.65. The van der Waals surface area contributed by atoms with Crippen LogP contribution >= 0.6 is 11.3 Å². The fourth-order valence-corrected chi connectivity index (χ4v) is 2.52. The first-order valence-corrected chi connectivity index (χ1v) is 5.77. The van der Waals surface area contributed by atoms with Gasteiger partial charge in [0.25, 0.3) is 0 Å². The summed E-state index contributed by atoms with van der Waals surface area (Å²) in [7, 11) is 0. The van der Waals surface area contributed by atoms with Crippen molar-refractivity contribution in [3.8, 4) is 10.4 Å². The van der Waals surface area contributed by atoms with Crippen LogP contribution in [-0.4, -0.2) is 0 Å². The Kier molecular flexibility index (Phi) is 2.89. The van der Waals surface area contributed by atoms with E-state index in [1.807, 2.05) is 25.1 Å². The Hall–Kier alpha value is -1.12. The van der Waals surface area contributed by atoms with Crippen LogP contribution in [0.15, 0.2) is 36.4 Å². The van der Waals surface area contributed by atoms with Gasteiger partial charge in [-0.25, -0.2) is 0 Å². The number of thiophene rings is 1. The van der Waals surface area contributed by atoms with Crippen molar-refractivity contribution >= 4 is 11.3 Å². The molecule has 1 nitrogen and oxygen atoms in total. The first kappa shape index (κ1) is 10.4. The highest BCUT2D eigenvalue weighted by Crippen LogP contribution is 2.32. The summed E-state index contributed by atoms with van der Waals surface area (Å²) in [6.45, 7) is 6.03. The van der Waals surface area contributed by atoms with Crippen LogP contribution in [-0.2, 0) is 0 Å². The van der Waals surface area contributed by atoms with Crippen LogP contribution in [0, 0.1) is 6.92 Å². The third-order valence-corrected chi connectivity index (χ3v) is 3.68. The highest BCUT2D eigenvalue weighted by Gasteiger charge is 2.07. The maximum absolute atomic E-state index is 5.84. The van der Waals surface area contributed by atoms with Crippen molar-refractivity contribution in [2.75, 3.05) is 0 Å². The van der Waals surface area contributed by atoms with Crippen LogP contribution in [0.3, 0.4) is 0 Å². The van der Waals surface area contributed by atoms with E-state index < -0.39 is 0 Å². The van der Waals surface area contributed by atoms with E-state index in [0.29, 0.717) is 0 Å². The molecule has 0 saturated heterocycles. The van der Waals surface area contributed by atoms with E-state index in [1.165, 1.54) is 15.3 Å². The number of hydrogen-bond acceptors (Lipinski definition) is 2. The number of benzene rings is 1. The molecule has 0 aliphatic heterocycles. The maximum atomic E-state index is 5.84. The fraction of sp³-hybridized carbons (Fsp3) is 0.154. The summed E-state index contributed by atoms with van der Waals surface area (Å²) in [5.41, 5.74) is 8.11. The molecule has 1 aromatic carbocycles. The molecule has 1 radical (unpaired) electrons. The Morgan fingerprint density at radius 2 is 1.93 bits per heavy atom. The number of hydrogen-bond donors (Lipinski definition) is 1. The average molecular weight is 216 g/mol. The third kappa shape index (κ3) is 2.11. The Morgan fingerprint density at radius 3 is 2.53 bits per heavy atom. The van der Waals surface area contributed by atoms with Crippen LogP contribution in [0.2, 0.25) is 0 Å². The molecular formula is C13H14NS. The number of rotatable bonds is 2. The largest absolute Gasteiger partial charge is 0.324 e. The molecule has 1 heterocycles. The summed E-state index contributed by atoms with van der Waals surface area (Å²) in [5.74, 6) is 0. The standard InChI is InChI=1S/C13H14NS/c1-9-5-3-4-6-11(9)13-8-7-12(15-13)10(2)14/h3-8,10H,1,14H2,2H3. The summed E-state index contributed by atoms with van der Waals surface area (Å²) in [6.07, 6.45) is 0. The first-order valence-electron chi connectivity index (χ1n) is 4.95. The van der Waals surface area contributed by atoms with Crippen LogP contribution in [0.25, 0.3) is 10.4 Å². The zero-order chi connectivity index (χ0) is 10.8. The lowest BCUT2D eigenvalue weighted by atomic mass is 10.1. The first-order chi connectivity index (χ1) is 7.18. The van der Waals surface area contributed by atoms with Crippen molar-refractivity contribution in [3.05, 3.63) is 53.8 Å². The lowest BCUT2D eigenvalue weighted by molar-refractivity contribution is 0.838. The Morgan fingerprint density at radius 1 is 1.20 bits per heavy atom. The van der Waals surface area contributed by atoms with Crippen LogP contribution in [0.5, 0.6) is 0 Å². The highest BCUT2D eigenvalue weighted by molar-refractivity contribution is 7.15. The predicted octanol–water partition coefficient (Wildman–Crippen LogP) is 3.62. The molecule has 2 heteroatoms. The smallest absolute Gasteiger partial charge is 0.0361 e. The normalized spacial score (nSPS) is 12.7. The molecule has 0 amide bonds. The fourth-order valence-electron chi connectivity index (χ4n) is 1.50. The van der Waals surface area contributed by atoms with Crippen molar-refractivity contribution in [2.45, 2.75) is 13.0 Å². The molecule has 2 N–H and O–H groups in total. The summed E-state index contributed by atoms with van der Waals surface area (Å²) in [6, 6.07) is 12.5. The van der Waals surface area contributed by atoms with Gasteiger partial charge in [-0.2, -0.15) is 0 Å². The van der Waals surface area contributed by atoms with Crippen molar-refractivity contribution in [1.82, 2.24) is 0 Å². The highest BCUT2D eigenvalue weighted by atomic mass is 32.1. The molecule has 2 aromatic rings. The van der Waals surface area contributed by atoms with E-state index in [9.17, 15) is 0 Å². The molecule has 77 valence electrons. The molecule has 0 aliphatic rings. The molecule has 0 fully saturated rings. The van der Waals surface area contributed by atoms with Gasteiger partial charge in [0.1, 0.15) is 0 Å².